The van der Waals surface area contributed by atoms with Crippen LogP contribution in [0.5, 0.6) is 0 Å². The van der Waals surface area contributed by atoms with Crippen LogP contribution in [-0.4, -0.2) is 11.4 Å². The Bertz CT molecular complexity index is 937. The molecule has 34 heavy (non-hydrogen) atoms. The molecule has 2 atom stereocenters. The summed E-state index contributed by atoms with van der Waals surface area (Å²) in [6, 6.07) is 13.5. The first kappa shape index (κ1) is 26.9. The Morgan fingerprint density at radius 2 is 0.853 bits per heavy atom. The van der Waals surface area contributed by atoms with Crippen molar-refractivity contribution < 1.29 is 16.5 Å². The van der Waals surface area contributed by atoms with Crippen molar-refractivity contribution in [1.82, 2.24) is 0 Å². The molecule has 0 radical (unpaired) electrons. The van der Waals surface area contributed by atoms with E-state index in [0.717, 1.165) is 0 Å². The molecule has 2 unspecified atom stereocenters. The average Bonchev–Trinajstić information content (AvgIpc) is 3.36. The van der Waals surface area contributed by atoms with Gasteiger partial charge in [0, 0.05) is 28.3 Å². The Hall–Kier alpha value is -1.73. The summed E-state index contributed by atoms with van der Waals surface area (Å²) in [7, 11) is 0. The second-order valence-electron chi connectivity index (χ2n) is 11.4. The predicted molar refractivity (Wildman–Crippen MR) is 144 cm³/mol. The molecule has 2 saturated carbocycles. The van der Waals surface area contributed by atoms with Crippen LogP contribution in [0.4, 0.5) is 11.4 Å². The topological polar surface area (TPSA) is 24.7 Å². The maximum absolute atomic E-state index is 5.50. The van der Waals surface area contributed by atoms with Crippen LogP contribution < -0.4 is 0 Å². The normalized spacial score (nSPS) is 22.1. The quantitative estimate of drug-likeness (QED) is 0.352. The number of hydrogen-bond donors (Lipinski definition) is 0. The maximum Gasteiger partial charge on any atom is 0.0703 e. The summed E-state index contributed by atoms with van der Waals surface area (Å²) in [4.78, 5) is 11.0. The minimum atomic E-state index is 0. The predicted octanol–water partition coefficient (Wildman–Crippen LogP) is 9.45. The monoisotopic (exact) mass is 500 g/mol. The van der Waals surface area contributed by atoms with Gasteiger partial charge in [-0.2, -0.15) is 0 Å². The van der Waals surface area contributed by atoms with Crippen LogP contribution in [-0.2, 0) is 16.5 Å². The van der Waals surface area contributed by atoms with E-state index in [4.69, 9.17) is 9.98 Å². The van der Waals surface area contributed by atoms with E-state index in [2.05, 4.69) is 91.8 Å². The van der Waals surface area contributed by atoms with Gasteiger partial charge in [0.1, 0.15) is 0 Å². The number of fused-ring (bicyclic) bond motifs is 2. The minimum Gasteiger partial charge on any atom is -0.251 e. The summed E-state index contributed by atoms with van der Waals surface area (Å²) in [5.41, 5.74) is 10.4. The number of rotatable bonds is 6. The molecule has 4 rings (SSSR count). The molecule has 2 aliphatic carbocycles. The van der Waals surface area contributed by atoms with Gasteiger partial charge in [-0.25, -0.2) is 0 Å². The SMILES string of the molecule is CC(C)c1cccc(C(C)C)c1N=C1C(=Nc2c(C(C)C)cccc2C(C)C)C2CCC1C2.[Ni]. The molecule has 2 bridgehead atoms. The van der Waals surface area contributed by atoms with Crippen LogP contribution in [0.25, 0.3) is 0 Å². The number of para-hydroxylation sites is 2. The average molecular weight is 501 g/mol. The third kappa shape index (κ3) is 5.11. The van der Waals surface area contributed by atoms with Gasteiger partial charge < -0.3 is 0 Å². The molecule has 0 aromatic heterocycles. The fourth-order valence-corrected chi connectivity index (χ4v) is 5.72. The van der Waals surface area contributed by atoms with Crippen molar-refractivity contribution in [3.8, 4) is 0 Å². The molecule has 2 fully saturated rings. The van der Waals surface area contributed by atoms with E-state index in [1.165, 1.54) is 64.3 Å². The Morgan fingerprint density at radius 1 is 0.559 bits per heavy atom. The van der Waals surface area contributed by atoms with Gasteiger partial charge in [-0.05, 0) is 65.2 Å². The van der Waals surface area contributed by atoms with Gasteiger partial charge >= 0.3 is 0 Å². The van der Waals surface area contributed by atoms with Crippen molar-refractivity contribution in [2.45, 2.75) is 98.3 Å². The van der Waals surface area contributed by atoms with Gasteiger partial charge in [-0.15, -0.1) is 0 Å². The molecule has 0 aliphatic heterocycles. The van der Waals surface area contributed by atoms with Gasteiger partial charge in [0.25, 0.3) is 0 Å². The van der Waals surface area contributed by atoms with Gasteiger partial charge in [-0.3, -0.25) is 9.98 Å². The number of benzene rings is 2. The molecule has 0 N–H and O–H groups in total. The Balaban J connectivity index is 0.00000324. The van der Waals surface area contributed by atoms with Gasteiger partial charge in [0.2, 0.25) is 0 Å². The summed E-state index contributed by atoms with van der Waals surface area (Å²) in [6.45, 7) is 18.3. The fourth-order valence-electron chi connectivity index (χ4n) is 5.72. The number of hydrogen-bond acceptors (Lipinski definition) is 2. The Morgan fingerprint density at radius 3 is 1.12 bits per heavy atom. The smallest absolute Gasteiger partial charge is 0.0703 e. The van der Waals surface area contributed by atoms with Gasteiger partial charge in [0.05, 0.1) is 22.8 Å². The Kier molecular flexibility index (Phi) is 8.62. The molecule has 186 valence electrons. The van der Waals surface area contributed by atoms with E-state index in [9.17, 15) is 0 Å². The molecule has 3 heteroatoms. The van der Waals surface area contributed by atoms with Crippen LogP contribution in [0, 0.1) is 11.8 Å². The largest absolute Gasteiger partial charge is 0.251 e. The molecular formula is C31H42N2Ni. The second-order valence-corrected chi connectivity index (χ2v) is 11.4. The molecule has 2 nitrogen and oxygen atoms in total. The molecule has 2 aliphatic rings. The molecule has 0 heterocycles. The summed E-state index contributed by atoms with van der Waals surface area (Å²) in [6.07, 6.45) is 3.73. The standard InChI is InChI=1S/C31H42N2.Ni/c1-18(2)24-11-9-12-25(19(3)4)30(24)32-28-22-15-16-23(17-22)29(28)33-31-26(20(5)6)13-10-14-27(31)21(7)8;/h9-14,18-23H,15-17H2,1-8H3;. The van der Waals surface area contributed by atoms with Crippen LogP contribution >= 0.6 is 0 Å². The third-order valence-corrected chi connectivity index (χ3v) is 7.62. The first-order chi connectivity index (χ1) is 15.7. The van der Waals surface area contributed by atoms with Crippen molar-refractivity contribution in [3.05, 3.63) is 58.7 Å². The third-order valence-electron chi connectivity index (χ3n) is 7.62. The van der Waals surface area contributed by atoms with Crippen molar-refractivity contribution in [2.75, 3.05) is 0 Å². The van der Waals surface area contributed by atoms with E-state index in [1.807, 2.05) is 0 Å². The zero-order chi connectivity index (χ0) is 23.9. The maximum atomic E-state index is 5.50. The van der Waals surface area contributed by atoms with Crippen LogP contribution in [0.3, 0.4) is 0 Å². The number of nitrogens with zero attached hydrogens (tertiary/aromatic N) is 2. The van der Waals surface area contributed by atoms with E-state index < -0.39 is 0 Å². The first-order valence-electron chi connectivity index (χ1n) is 13.1. The summed E-state index contributed by atoms with van der Waals surface area (Å²) in [5.74, 6) is 2.94. The minimum absolute atomic E-state index is 0. The van der Waals surface area contributed by atoms with Crippen molar-refractivity contribution in [2.24, 2.45) is 21.8 Å². The summed E-state index contributed by atoms with van der Waals surface area (Å²) >= 11 is 0. The van der Waals surface area contributed by atoms with Crippen molar-refractivity contribution in [3.63, 3.8) is 0 Å². The molecular weight excluding hydrogens is 459 g/mol. The second kappa shape index (κ2) is 10.9. The Labute approximate surface area is 217 Å². The van der Waals surface area contributed by atoms with Crippen molar-refractivity contribution in [1.29, 1.82) is 0 Å². The van der Waals surface area contributed by atoms with E-state index in [1.54, 1.807) is 0 Å². The van der Waals surface area contributed by atoms with Gasteiger partial charge in [-0.1, -0.05) is 91.8 Å². The first-order valence-corrected chi connectivity index (χ1v) is 13.1. The van der Waals surface area contributed by atoms with E-state index in [-0.39, 0.29) is 16.5 Å². The van der Waals surface area contributed by atoms with Gasteiger partial charge in [0.15, 0.2) is 0 Å². The van der Waals surface area contributed by atoms with Crippen LogP contribution in [0.2, 0.25) is 0 Å². The molecule has 0 saturated heterocycles. The van der Waals surface area contributed by atoms with Crippen LogP contribution in [0.1, 0.15) is 121 Å². The summed E-state index contributed by atoms with van der Waals surface area (Å²) < 4.78 is 0. The van der Waals surface area contributed by atoms with E-state index >= 15 is 0 Å². The number of aliphatic imine (C=N–C) groups is 2. The zero-order valence-corrected chi connectivity index (χ0v) is 23.2. The van der Waals surface area contributed by atoms with E-state index in [0.29, 0.717) is 35.5 Å². The molecule has 2 aromatic carbocycles. The molecule has 0 amide bonds. The fraction of sp³-hybridized carbons (Fsp3) is 0.548. The zero-order valence-electron chi connectivity index (χ0n) is 22.3. The van der Waals surface area contributed by atoms with Crippen molar-refractivity contribution >= 4 is 22.8 Å². The summed E-state index contributed by atoms with van der Waals surface area (Å²) in [5, 5.41) is 0. The molecule has 0 spiro atoms. The van der Waals surface area contributed by atoms with Crippen LogP contribution in [0.15, 0.2) is 46.4 Å². The molecule has 2 aromatic rings.